The summed E-state index contributed by atoms with van der Waals surface area (Å²) in [5, 5.41) is 1.89. The average Bonchev–Trinajstić information content (AvgIpc) is 2.46. The molecule has 0 spiro atoms. The summed E-state index contributed by atoms with van der Waals surface area (Å²) in [4.78, 5) is 3.73. The van der Waals surface area contributed by atoms with Gasteiger partial charge in [0.15, 0.2) is 0 Å². The van der Waals surface area contributed by atoms with Crippen LogP contribution >= 0.6 is 11.6 Å². The lowest BCUT2D eigenvalue weighted by molar-refractivity contribution is 0.144. The Balaban J connectivity index is 2.19. The van der Waals surface area contributed by atoms with Gasteiger partial charge in [0, 0.05) is 23.7 Å². The number of ether oxygens (including phenoxy) is 1. The third-order valence-electron chi connectivity index (χ3n) is 2.81. The molecule has 0 radical (unpaired) electrons. The van der Waals surface area contributed by atoms with E-state index in [0.717, 1.165) is 0 Å². The Morgan fingerprint density at radius 1 is 1.29 bits per heavy atom. The Morgan fingerprint density at radius 2 is 2.00 bits per heavy atom. The summed E-state index contributed by atoms with van der Waals surface area (Å²) in [6.07, 6.45) is -2.64. The molecule has 0 amide bonds. The molecule has 21 heavy (non-hydrogen) atoms. The number of hydrogen-bond acceptors (Lipinski definition) is 4. The first-order valence-corrected chi connectivity index (χ1v) is 6.50. The maximum Gasteiger partial charge on any atom is 0.280 e. The second-order valence-corrected chi connectivity index (χ2v) is 4.75. The number of hydrazine groups is 1. The molecule has 0 aliphatic rings. The van der Waals surface area contributed by atoms with Gasteiger partial charge in [0.2, 0.25) is 5.88 Å². The zero-order chi connectivity index (χ0) is 15.4. The van der Waals surface area contributed by atoms with E-state index in [0.29, 0.717) is 16.3 Å². The standard InChI is InChI=1S/C14H14ClF2N3O/c1-20(18)12-6-2-4-10(15)9(12)8-21-13-7-3-5-11(19-13)14(16)17/h2-7,14H,8,18H2,1H3. The Labute approximate surface area is 126 Å². The third kappa shape index (κ3) is 3.80. The molecule has 2 rings (SSSR count). The fraction of sp³-hybridized carbons (Fsp3) is 0.214. The van der Waals surface area contributed by atoms with Crippen LogP contribution in [0.3, 0.4) is 0 Å². The molecule has 0 atom stereocenters. The minimum absolute atomic E-state index is 0.0796. The van der Waals surface area contributed by atoms with Gasteiger partial charge in [-0.1, -0.05) is 23.7 Å². The van der Waals surface area contributed by atoms with Crippen molar-refractivity contribution < 1.29 is 13.5 Å². The Hall–Kier alpha value is -1.92. The Morgan fingerprint density at radius 3 is 2.67 bits per heavy atom. The molecule has 0 aliphatic heterocycles. The number of anilines is 1. The Bertz CT molecular complexity index is 623. The fourth-order valence-corrected chi connectivity index (χ4v) is 2.02. The lowest BCUT2D eigenvalue weighted by Crippen LogP contribution is -2.26. The highest BCUT2D eigenvalue weighted by molar-refractivity contribution is 6.31. The van der Waals surface area contributed by atoms with E-state index in [1.807, 2.05) is 0 Å². The van der Waals surface area contributed by atoms with Gasteiger partial charge in [-0.25, -0.2) is 19.6 Å². The van der Waals surface area contributed by atoms with Crippen molar-refractivity contribution in [2.75, 3.05) is 12.1 Å². The summed E-state index contributed by atoms with van der Waals surface area (Å²) in [6, 6.07) is 9.47. The van der Waals surface area contributed by atoms with Gasteiger partial charge in [0.25, 0.3) is 6.43 Å². The molecule has 0 saturated carbocycles. The molecule has 1 heterocycles. The van der Waals surface area contributed by atoms with E-state index in [1.165, 1.54) is 23.2 Å². The fourth-order valence-electron chi connectivity index (χ4n) is 1.80. The average molecular weight is 314 g/mol. The predicted octanol–water partition coefficient (Wildman–Crippen LogP) is 3.56. The van der Waals surface area contributed by atoms with Crippen LogP contribution in [0.25, 0.3) is 0 Å². The highest BCUT2D eigenvalue weighted by Crippen LogP contribution is 2.27. The van der Waals surface area contributed by atoms with Crippen molar-refractivity contribution >= 4 is 17.3 Å². The van der Waals surface area contributed by atoms with E-state index in [9.17, 15) is 8.78 Å². The number of pyridine rings is 1. The second kappa shape index (κ2) is 6.69. The van der Waals surface area contributed by atoms with E-state index in [4.69, 9.17) is 22.2 Å². The monoisotopic (exact) mass is 313 g/mol. The molecule has 1 aromatic carbocycles. The zero-order valence-electron chi connectivity index (χ0n) is 11.3. The normalized spacial score (nSPS) is 10.8. The van der Waals surface area contributed by atoms with Crippen molar-refractivity contribution in [3.8, 4) is 5.88 Å². The van der Waals surface area contributed by atoms with Crippen LogP contribution in [0.4, 0.5) is 14.5 Å². The minimum atomic E-state index is -2.64. The van der Waals surface area contributed by atoms with Crippen molar-refractivity contribution in [1.29, 1.82) is 0 Å². The molecular weight excluding hydrogens is 300 g/mol. The molecule has 0 saturated heterocycles. The van der Waals surface area contributed by atoms with Gasteiger partial charge in [0.05, 0.1) is 5.69 Å². The van der Waals surface area contributed by atoms with Gasteiger partial charge in [0.1, 0.15) is 12.3 Å². The number of halogens is 3. The summed E-state index contributed by atoms with van der Waals surface area (Å²) in [5.74, 6) is 5.83. The summed E-state index contributed by atoms with van der Waals surface area (Å²) in [5.41, 5.74) is 1.02. The number of hydrogen-bond donors (Lipinski definition) is 1. The van der Waals surface area contributed by atoms with E-state index in [-0.39, 0.29) is 18.2 Å². The molecule has 1 aromatic heterocycles. The topological polar surface area (TPSA) is 51.4 Å². The predicted molar refractivity (Wildman–Crippen MR) is 77.6 cm³/mol. The van der Waals surface area contributed by atoms with Crippen molar-refractivity contribution in [1.82, 2.24) is 4.98 Å². The molecule has 2 N–H and O–H groups in total. The molecule has 0 fully saturated rings. The summed E-state index contributed by atoms with van der Waals surface area (Å²) >= 11 is 6.12. The molecule has 0 aliphatic carbocycles. The number of alkyl halides is 2. The first kappa shape index (κ1) is 15.5. The molecule has 7 heteroatoms. The van der Waals surface area contributed by atoms with E-state index in [2.05, 4.69) is 4.98 Å². The van der Waals surface area contributed by atoms with Gasteiger partial charge in [-0.15, -0.1) is 0 Å². The van der Waals surface area contributed by atoms with Crippen molar-refractivity contribution in [3.63, 3.8) is 0 Å². The lowest BCUT2D eigenvalue weighted by atomic mass is 10.2. The van der Waals surface area contributed by atoms with Crippen LogP contribution in [0.15, 0.2) is 36.4 Å². The van der Waals surface area contributed by atoms with Crippen LogP contribution in [0.1, 0.15) is 17.7 Å². The van der Waals surface area contributed by atoms with Gasteiger partial charge in [-0.05, 0) is 18.2 Å². The number of aromatic nitrogens is 1. The molecule has 0 bridgehead atoms. The first-order chi connectivity index (χ1) is 9.99. The first-order valence-electron chi connectivity index (χ1n) is 6.12. The van der Waals surface area contributed by atoms with Crippen LogP contribution in [0, 0.1) is 0 Å². The SMILES string of the molecule is CN(N)c1cccc(Cl)c1COc1cccc(C(F)F)n1. The van der Waals surface area contributed by atoms with Crippen molar-refractivity contribution in [3.05, 3.63) is 52.7 Å². The van der Waals surface area contributed by atoms with E-state index < -0.39 is 6.43 Å². The summed E-state index contributed by atoms with van der Waals surface area (Å²) in [7, 11) is 1.67. The maximum absolute atomic E-state index is 12.6. The van der Waals surface area contributed by atoms with Gasteiger partial charge < -0.3 is 9.75 Å². The van der Waals surface area contributed by atoms with Crippen molar-refractivity contribution in [2.45, 2.75) is 13.0 Å². The number of benzene rings is 1. The van der Waals surface area contributed by atoms with E-state index >= 15 is 0 Å². The lowest BCUT2D eigenvalue weighted by Gasteiger charge is -2.18. The third-order valence-corrected chi connectivity index (χ3v) is 3.16. The van der Waals surface area contributed by atoms with Crippen LogP contribution in [-0.2, 0) is 6.61 Å². The molecule has 2 aromatic rings. The van der Waals surface area contributed by atoms with Crippen LogP contribution in [-0.4, -0.2) is 12.0 Å². The molecular formula is C14H14ClF2N3O. The number of nitrogens with zero attached hydrogens (tertiary/aromatic N) is 2. The van der Waals surface area contributed by atoms with E-state index in [1.54, 1.807) is 25.2 Å². The van der Waals surface area contributed by atoms with Crippen LogP contribution < -0.4 is 15.6 Å². The van der Waals surface area contributed by atoms with Crippen molar-refractivity contribution in [2.24, 2.45) is 5.84 Å². The smallest absolute Gasteiger partial charge is 0.280 e. The van der Waals surface area contributed by atoms with Gasteiger partial charge in [-0.2, -0.15) is 0 Å². The summed E-state index contributed by atoms with van der Waals surface area (Å²) in [6.45, 7) is 0.0796. The molecule has 112 valence electrons. The maximum atomic E-state index is 12.6. The van der Waals surface area contributed by atoms with Gasteiger partial charge >= 0.3 is 0 Å². The molecule has 0 unspecified atom stereocenters. The Kier molecular flexibility index (Phi) is 4.93. The van der Waals surface area contributed by atoms with Crippen LogP contribution in [0.5, 0.6) is 5.88 Å². The number of nitrogens with two attached hydrogens (primary N) is 1. The second-order valence-electron chi connectivity index (χ2n) is 4.34. The highest BCUT2D eigenvalue weighted by atomic mass is 35.5. The highest BCUT2D eigenvalue weighted by Gasteiger charge is 2.12. The number of rotatable bonds is 5. The minimum Gasteiger partial charge on any atom is -0.473 e. The largest absolute Gasteiger partial charge is 0.473 e. The van der Waals surface area contributed by atoms with Gasteiger partial charge in [-0.3, -0.25) is 0 Å². The molecule has 4 nitrogen and oxygen atoms in total. The summed E-state index contributed by atoms with van der Waals surface area (Å²) < 4.78 is 30.6. The van der Waals surface area contributed by atoms with Crippen LogP contribution in [0.2, 0.25) is 5.02 Å². The quantitative estimate of drug-likeness (QED) is 0.677. The zero-order valence-corrected chi connectivity index (χ0v) is 12.0.